The lowest BCUT2D eigenvalue weighted by Crippen LogP contribution is -2.39. The molecule has 0 aliphatic rings. The molecule has 4 nitrogen and oxygen atoms in total. The van der Waals surface area contributed by atoms with Crippen LogP contribution in [0, 0.1) is 6.92 Å². The average molecular weight is 247 g/mol. The van der Waals surface area contributed by atoms with Crippen LogP contribution < -0.4 is 5.32 Å². The summed E-state index contributed by atoms with van der Waals surface area (Å²) < 4.78 is 0. The van der Waals surface area contributed by atoms with Crippen LogP contribution in [0.1, 0.15) is 24.5 Å². The number of carboxylic acid groups (broad SMARTS) is 1. The van der Waals surface area contributed by atoms with Gasteiger partial charge in [-0.15, -0.1) is 0 Å². The van der Waals surface area contributed by atoms with Gasteiger partial charge in [0.05, 0.1) is 0 Å². The zero-order valence-electron chi connectivity index (χ0n) is 10.5. The first kappa shape index (κ1) is 14.0. The van der Waals surface area contributed by atoms with Gasteiger partial charge in [0, 0.05) is 6.08 Å². The van der Waals surface area contributed by atoms with Crippen LogP contribution in [-0.2, 0) is 9.59 Å². The van der Waals surface area contributed by atoms with Crippen LogP contribution in [0.25, 0.3) is 6.08 Å². The molecular weight excluding hydrogens is 230 g/mol. The highest BCUT2D eigenvalue weighted by molar-refractivity contribution is 5.94. The number of amides is 1. The van der Waals surface area contributed by atoms with Gasteiger partial charge in [0.1, 0.15) is 6.04 Å². The molecule has 1 amide bonds. The van der Waals surface area contributed by atoms with E-state index in [9.17, 15) is 9.59 Å². The molecule has 1 aromatic carbocycles. The Morgan fingerprint density at radius 2 is 1.94 bits per heavy atom. The van der Waals surface area contributed by atoms with Crippen molar-refractivity contribution in [2.75, 3.05) is 0 Å². The zero-order chi connectivity index (χ0) is 13.5. The Labute approximate surface area is 106 Å². The van der Waals surface area contributed by atoms with Crippen molar-refractivity contribution in [3.63, 3.8) is 0 Å². The molecule has 0 heterocycles. The van der Waals surface area contributed by atoms with Crippen LogP contribution in [0.15, 0.2) is 30.3 Å². The van der Waals surface area contributed by atoms with E-state index in [0.29, 0.717) is 6.42 Å². The predicted octanol–water partition coefficient (Wildman–Crippen LogP) is 1.99. The number of rotatable bonds is 5. The molecule has 1 rings (SSSR count). The van der Waals surface area contributed by atoms with Gasteiger partial charge < -0.3 is 10.4 Å². The van der Waals surface area contributed by atoms with Crippen molar-refractivity contribution in [2.24, 2.45) is 0 Å². The normalized spacial score (nSPS) is 12.3. The van der Waals surface area contributed by atoms with E-state index in [4.69, 9.17) is 5.11 Å². The van der Waals surface area contributed by atoms with E-state index >= 15 is 0 Å². The summed E-state index contributed by atoms with van der Waals surface area (Å²) in [6.07, 6.45) is 3.36. The van der Waals surface area contributed by atoms with E-state index in [1.807, 2.05) is 31.2 Å². The molecule has 0 bridgehead atoms. The van der Waals surface area contributed by atoms with Gasteiger partial charge in [0.25, 0.3) is 0 Å². The zero-order valence-corrected chi connectivity index (χ0v) is 10.5. The number of carbonyl (C=O) groups excluding carboxylic acids is 1. The van der Waals surface area contributed by atoms with Crippen molar-refractivity contribution < 1.29 is 14.7 Å². The predicted molar refractivity (Wildman–Crippen MR) is 70.1 cm³/mol. The number of carbonyl (C=O) groups is 2. The molecule has 0 aliphatic carbocycles. The van der Waals surface area contributed by atoms with Crippen molar-refractivity contribution in [1.82, 2.24) is 5.32 Å². The summed E-state index contributed by atoms with van der Waals surface area (Å²) in [5.74, 6) is -1.42. The van der Waals surface area contributed by atoms with Crippen LogP contribution in [0.4, 0.5) is 0 Å². The van der Waals surface area contributed by atoms with E-state index in [-0.39, 0.29) is 0 Å². The Bertz CT molecular complexity index is 449. The van der Waals surface area contributed by atoms with E-state index in [0.717, 1.165) is 11.1 Å². The number of hydrogen-bond acceptors (Lipinski definition) is 2. The highest BCUT2D eigenvalue weighted by atomic mass is 16.4. The summed E-state index contributed by atoms with van der Waals surface area (Å²) in [5, 5.41) is 11.2. The number of aliphatic carboxylic acids is 1. The molecule has 0 saturated carbocycles. The smallest absolute Gasteiger partial charge is 0.326 e. The van der Waals surface area contributed by atoms with E-state index in [1.54, 1.807) is 13.0 Å². The van der Waals surface area contributed by atoms with Crippen molar-refractivity contribution in [3.8, 4) is 0 Å². The first-order valence-electron chi connectivity index (χ1n) is 5.81. The number of aryl methyl sites for hydroxylation is 1. The second-order valence-corrected chi connectivity index (χ2v) is 4.05. The first-order valence-corrected chi connectivity index (χ1v) is 5.81. The Morgan fingerprint density at radius 1 is 1.33 bits per heavy atom. The van der Waals surface area contributed by atoms with Gasteiger partial charge in [-0.1, -0.05) is 36.8 Å². The fourth-order valence-electron chi connectivity index (χ4n) is 1.41. The third-order valence-corrected chi connectivity index (χ3v) is 2.53. The summed E-state index contributed by atoms with van der Waals surface area (Å²) in [7, 11) is 0. The minimum atomic E-state index is -1.02. The molecule has 0 spiro atoms. The maximum atomic E-state index is 11.5. The average Bonchev–Trinajstić information content (AvgIpc) is 2.35. The third kappa shape index (κ3) is 4.41. The Balaban J connectivity index is 2.59. The quantitative estimate of drug-likeness (QED) is 0.782. The molecule has 1 aromatic rings. The van der Waals surface area contributed by atoms with Crippen molar-refractivity contribution in [2.45, 2.75) is 26.3 Å². The molecule has 0 radical (unpaired) electrons. The van der Waals surface area contributed by atoms with Crippen molar-refractivity contribution in [3.05, 3.63) is 41.5 Å². The molecule has 1 atom stereocenters. The lowest BCUT2D eigenvalue weighted by atomic mass is 10.1. The summed E-state index contributed by atoms with van der Waals surface area (Å²) in [6, 6.07) is 6.86. The highest BCUT2D eigenvalue weighted by Crippen LogP contribution is 2.04. The minimum Gasteiger partial charge on any atom is -0.480 e. The van der Waals surface area contributed by atoms with Crippen LogP contribution in [-0.4, -0.2) is 23.0 Å². The van der Waals surface area contributed by atoms with E-state index in [2.05, 4.69) is 5.32 Å². The first-order chi connectivity index (χ1) is 8.52. The lowest BCUT2D eigenvalue weighted by Gasteiger charge is -2.09. The van der Waals surface area contributed by atoms with Gasteiger partial charge in [-0.2, -0.15) is 0 Å². The monoisotopic (exact) mass is 247 g/mol. The highest BCUT2D eigenvalue weighted by Gasteiger charge is 2.15. The Kier molecular flexibility index (Phi) is 5.11. The standard InChI is InChI=1S/C14H17NO3/c1-3-12(14(17)18)15-13(16)9-8-11-6-4-10(2)5-7-11/h4-9,12H,3H2,1-2H3,(H,15,16)(H,17,18)/b9-8+. The van der Waals surface area contributed by atoms with Gasteiger partial charge in [0.2, 0.25) is 5.91 Å². The van der Waals surface area contributed by atoms with Crippen LogP contribution in [0.5, 0.6) is 0 Å². The summed E-state index contributed by atoms with van der Waals surface area (Å²) in [4.78, 5) is 22.2. The molecular formula is C14H17NO3. The second kappa shape index (κ2) is 6.59. The van der Waals surface area contributed by atoms with Gasteiger partial charge in [0.15, 0.2) is 0 Å². The summed E-state index contributed by atoms with van der Waals surface area (Å²) >= 11 is 0. The third-order valence-electron chi connectivity index (χ3n) is 2.53. The maximum Gasteiger partial charge on any atom is 0.326 e. The summed E-state index contributed by atoms with van der Waals surface area (Å²) in [6.45, 7) is 3.70. The summed E-state index contributed by atoms with van der Waals surface area (Å²) in [5.41, 5.74) is 2.05. The van der Waals surface area contributed by atoms with Crippen molar-refractivity contribution >= 4 is 18.0 Å². The molecule has 18 heavy (non-hydrogen) atoms. The Morgan fingerprint density at radius 3 is 2.44 bits per heavy atom. The largest absolute Gasteiger partial charge is 0.480 e. The van der Waals surface area contributed by atoms with E-state index in [1.165, 1.54) is 6.08 Å². The number of hydrogen-bond donors (Lipinski definition) is 2. The molecule has 0 fully saturated rings. The maximum absolute atomic E-state index is 11.5. The van der Waals surface area contributed by atoms with Gasteiger partial charge in [-0.05, 0) is 25.0 Å². The van der Waals surface area contributed by atoms with Gasteiger partial charge in [-0.25, -0.2) is 4.79 Å². The lowest BCUT2D eigenvalue weighted by molar-refractivity contribution is -0.141. The fraction of sp³-hybridized carbons (Fsp3) is 0.286. The van der Waals surface area contributed by atoms with Crippen molar-refractivity contribution in [1.29, 1.82) is 0 Å². The molecule has 2 N–H and O–H groups in total. The number of carboxylic acids is 1. The van der Waals surface area contributed by atoms with Crippen LogP contribution in [0.3, 0.4) is 0 Å². The molecule has 0 saturated heterocycles. The topological polar surface area (TPSA) is 66.4 Å². The molecule has 4 heteroatoms. The van der Waals surface area contributed by atoms with E-state index < -0.39 is 17.9 Å². The van der Waals surface area contributed by atoms with Gasteiger partial charge >= 0.3 is 5.97 Å². The molecule has 0 aliphatic heterocycles. The minimum absolute atomic E-state index is 0.361. The number of nitrogens with one attached hydrogen (secondary N) is 1. The fourth-order valence-corrected chi connectivity index (χ4v) is 1.41. The molecule has 1 unspecified atom stereocenters. The molecule has 96 valence electrons. The van der Waals surface area contributed by atoms with Gasteiger partial charge in [-0.3, -0.25) is 4.79 Å². The second-order valence-electron chi connectivity index (χ2n) is 4.05. The molecule has 0 aromatic heterocycles. The number of benzene rings is 1. The van der Waals surface area contributed by atoms with Crippen LogP contribution >= 0.6 is 0 Å². The SMILES string of the molecule is CCC(NC(=O)/C=C/c1ccc(C)cc1)C(=O)O. The Hall–Kier alpha value is -2.10. The van der Waals surface area contributed by atoms with Crippen LogP contribution in [0.2, 0.25) is 0 Å².